The Balaban J connectivity index is 1.90. The lowest BCUT2D eigenvalue weighted by Crippen LogP contribution is -2.21. The number of carbonyl (C=O) groups excluding carboxylic acids is 2. The molecule has 9 heteroatoms. The number of esters is 1. The second kappa shape index (κ2) is 6.84. The second-order valence-electron chi connectivity index (χ2n) is 3.94. The van der Waals surface area contributed by atoms with Crippen LogP contribution in [0.1, 0.15) is 15.4 Å². The van der Waals surface area contributed by atoms with Crippen LogP contribution in [0.3, 0.4) is 0 Å². The van der Waals surface area contributed by atoms with Gasteiger partial charge in [-0.25, -0.2) is 4.79 Å². The number of ether oxygens (including phenoxy) is 1. The molecule has 0 aliphatic heterocycles. The summed E-state index contributed by atoms with van der Waals surface area (Å²) in [5.41, 5.74) is 0.851. The maximum atomic E-state index is 11.7. The topological polar surface area (TPSA) is 81.2 Å². The molecule has 6 nitrogen and oxygen atoms in total. The molecule has 0 bridgehead atoms. The quantitative estimate of drug-likeness (QED) is 0.861. The number of benzene rings is 1. The fourth-order valence-electron chi connectivity index (χ4n) is 1.39. The molecule has 0 fully saturated rings. The largest absolute Gasteiger partial charge is 0.451 e. The van der Waals surface area contributed by atoms with Gasteiger partial charge in [0, 0.05) is 5.02 Å². The standard InChI is InChI=1S/C12H9Cl2N3O3S/c1-6-11(21-17-16-6)12(19)20-5-10(18)15-9-3-2-7(13)4-8(9)14/h2-4H,5H2,1H3,(H,15,18). The Bertz CT molecular complexity index is 690. The smallest absolute Gasteiger partial charge is 0.352 e. The Hall–Kier alpha value is -1.70. The number of hydrogen-bond acceptors (Lipinski definition) is 6. The SMILES string of the molecule is Cc1nnsc1C(=O)OCC(=O)Nc1ccc(Cl)cc1Cl. The lowest BCUT2D eigenvalue weighted by Gasteiger charge is -2.07. The molecular formula is C12H9Cl2N3O3S. The summed E-state index contributed by atoms with van der Waals surface area (Å²) in [4.78, 5) is 23.7. The molecule has 1 aromatic heterocycles. The zero-order valence-electron chi connectivity index (χ0n) is 10.7. The number of hydrogen-bond donors (Lipinski definition) is 1. The summed E-state index contributed by atoms with van der Waals surface area (Å²) in [6.45, 7) is 1.20. The number of anilines is 1. The van der Waals surface area contributed by atoms with Crippen LogP contribution < -0.4 is 5.32 Å². The number of halogens is 2. The summed E-state index contributed by atoms with van der Waals surface area (Å²) in [7, 11) is 0. The van der Waals surface area contributed by atoms with Crippen LogP contribution in [0, 0.1) is 6.92 Å². The monoisotopic (exact) mass is 345 g/mol. The maximum Gasteiger partial charge on any atom is 0.352 e. The van der Waals surface area contributed by atoms with E-state index in [2.05, 4.69) is 14.9 Å². The second-order valence-corrected chi connectivity index (χ2v) is 5.53. The van der Waals surface area contributed by atoms with Crippen molar-refractivity contribution in [1.82, 2.24) is 9.59 Å². The minimum absolute atomic E-state index is 0.271. The zero-order chi connectivity index (χ0) is 15.4. The molecule has 0 spiro atoms. The van der Waals surface area contributed by atoms with Gasteiger partial charge in [-0.05, 0) is 36.7 Å². The average molecular weight is 346 g/mol. The molecule has 0 atom stereocenters. The molecule has 110 valence electrons. The Kier molecular flexibility index (Phi) is 5.11. The molecule has 0 radical (unpaired) electrons. The number of carbonyl (C=O) groups is 2. The summed E-state index contributed by atoms with van der Waals surface area (Å²) in [6, 6.07) is 4.64. The van der Waals surface area contributed by atoms with Gasteiger partial charge in [0.1, 0.15) is 0 Å². The predicted octanol–water partition coefficient (Wildman–Crippen LogP) is 2.95. The Labute approximate surface area is 134 Å². The molecule has 2 aromatic rings. The highest BCUT2D eigenvalue weighted by molar-refractivity contribution is 7.07. The van der Waals surface area contributed by atoms with E-state index in [1.807, 2.05) is 0 Å². The highest BCUT2D eigenvalue weighted by Gasteiger charge is 2.16. The van der Waals surface area contributed by atoms with E-state index in [1.54, 1.807) is 19.1 Å². The van der Waals surface area contributed by atoms with Crippen molar-refractivity contribution in [2.75, 3.05) is 11.9 Å². The first kappa shape index (κ1) is 15.7. The predicted molar refractivity (Wildman–Crippen MR) is 80.0 cm³/mol. The van der Waals surface area contributed by atoms with Crippen molar-refractivity contribution in [1.29, 1.82) is 0 Å². The van der Waals surface area contributed by atoms with E-state index in [0.717, 1.165) is 11.5 Å². The van der Waals surface area contributed by atoms with Gasteiger partial charge in [-0.3, -0.25) is 4.79 Å². The zero-order valence-corrected chi connectivity index (χ0v) is 13.1. The molecule has 0 unspecified atom stereocenters. The van der Waals surface area contributed by atoms with Crippen LogP contribution in [-0.4, -0.2) is 28.1 Å². The molecule has 2 rings (SSSR count). The van der Waals surface area contributed by atoms with Crippen molar-refractivity contribution in [3.8, 4) is 0 Å². The van der Waals surface area contributed by atoms with Gasteiger partial charge in [0.2, 0.25) is 0 Å². The number of nitrogens with one attached hydrogen (secondary N) is 1. The van der Waals surface area contributed by atoms with Gasteiger partial charge in [0.05, 0.1) is 16.4 Å². The first-order valence-electron chi connectivity index (χ1n) is 5.68. The number of aromatic nitrogens is 2. The summed E-state index contributed by atoms with van der Waals surface area (Å²) < 4.78 is 8.49. The molecule has 0 saturated heterocycles. The Morgan fingerprint density at radius 1 is 1.38 bits per heavy atom. The minimum atomic E-state index is -0.639. The fourth-order valence-corrected chi connectivity index (χ4v) is 2.40. The van der Waals surface area contributed by atoms with Crippen LogP contribution in [-0.2, 0) is 9.53 Å². The van der Waals surface area contributed by atoms with Crippen LogP contribution in [0.25, 0.3) is 0 Å². The van der Waals surface area contributed by atoms with Gasteiger partial charge < -0.3 is 10.1 Å². The molecule has 1 N–H and O–H groups in total. The fraction of sp³-hybridized carbons (Fsp3) is 0.167. The maximum absolute atomic E-state index is 11.7. The van der Waals surface area contributed by atoms with Crippen molar-refractivity contribution in [3.63, 3.8) is 0 Å². The summed E-state index contributed by atoms with van der Waals surface area (Å²) >= 11 is 12.6. The summed E-state index contributed by atoms with van der Waals surface area (Å²) in [5, 5.41) is 6.96. The van der Waals surface area contributed by atoms with Gasteiger partial charge in [-0.15, -0.1) is 5.10 Å². The Morgan fingerprint density at radius 3 is 2.76 bits per heavy atom. The summed E-state index contributed by atoms with van der Waals surface area (Å²) in [5.74, 6) is -1.15. The lowest BCUT2D eigenvalue weighted by atomic mass is 10.3. The number of aryl methyl sites for hydroxylation is 1. The van der Waals surface area contributed by atoms with Crippen molar-refractivity contribution >= 4 is 52.3 Å². The van der Waals surface area contributed by atoms with Crippen LogP contribution >= 0.6 is 34.7 Å². The molecule has 0 saturated carbocycles. The van der Waals surface area contributed by atoms with Crippen LogP contribution in [0.4, 0.5) is 5.69 Å². The van der Waals surface area contributed by atoms with Crippen LogP contribution in [0.2, 0.25) is 10.0 Å². The molecule has 1 aromatic carbocycles. The van der Waals surface area contributed by atoms with Gasteiger partial charge in [-0.2, -0.15) is 0 Å². The highest BCUT2D eigenvalue weighted by Crippen LogP contribution is 2.25. The third kappa shape index (κ3) is 4.13. The highest BCUT2D eigenvalue weighted by atomic mass is 35.5. The van der Waals surface area contributed by atoms with E-state index in [4.69, 9.17) is 27.9 Å². The molecular weight excluding hydrogens is 337 g/mol. The first-order chi connectivity index (χ1) is 9.97. The summed E-state index contributed by atoms with van der Waals surface area (Å²) in [6.07, 6.45) is 0. The van der Waals surface area contributed by atoms with Gasteiger partial charge >= 0.3 is 5.97 Å². The normalized spacial score (nSPS) is 10.2. The number of rotatable bonds is 4. The van der Waals surface area contributed by atoms with E-state index >= 15 is 0 Å². The van der Waals surface area contributed by atoms with Crippen LogP contribution in [0.5, 0.6) is 0 Å². The molecule has 0 aliphatic rings. The van der Waals surface area contributed by atoms with Crippen LogP contribution in [0.15, 0.2) is 18.2 Å². The van der Waals surface area contributed by atoms with E-state index in [9.17, 15) is 9.59 Å². The lowest BCUT2D eigenvalue weighted by molar-refractivity contribution is -0.119. The van der Waals surface area contributed by atoms with Gasteiger partial charge in [0.15, 0.2) is 11.5 Å². The molecule has 1 amide bonds. The van der Waals surface area contributed by atoms with Gasteiger partial charge in [-0.1, -0.05) is 27.7 Å². The Morgan fingerprint density at radius 2 is 2.14 bits per heavy atom. The van der Waals surface area contributed by atoms with E-state index in [0.29, 0.717) is 21.4 Å². The number of nitrogens with zero attached hydrogens (tertiary/aromatic N) is 2. The van der Waals surface area contributed by atoms with Gasteiger partial charge in [0.25, 0.3) is 5.91 Å². The molecule has 21 heavy (non-hydrogen) atoms. The average Bonchev–Trinajstić information content (AvgIpc) is 2.85. The van der Waals surface area contributed by atoms with E-state index in [-0.39, 0.29) is 4.88 Å². The third-order valence-electron chi connectivity index (χ3n) is 2.38. The van der Waals surface area contributed by atoms with E-state index < -0.39 is 18.5 Å². The van der Waals surface area contributed by atoms with Crippen molar-refractivity contribution < 1.29 is 14.3 Å². The molecule has 0 aliphatic carbocycles. The van der Waals surface area contributed by atoms with Crippen molar-refractivity contribution in [2.45, 2.75) is 6.92 Å². The van der Waals surface area contributed by atoms with Crippen molar-refractivity contribution in [2.24, 2.45) is 0 Å². The van der Waals surface area contributed by atoms with E-state index in [1.165, 1.54) is 6.07 Å². The molecule has 1 heterocycles. The first-order valence-corrected chi connectivity index (χ1v) is 7.21. The third-order valence-corrected chi connectivity index (χ3v) is 3.73. The number of amides is 1. The minimum Gasteiger partial charge on any atom is -0.451 e. The van der Waals surface area contributed by atoms with Crippen molar-refractivity contribution in [3.05, 3.63) is 38.8 Å².